The van der Waals surface area contributed by atoms with E-state index in [0.29, 0.717) is 11.8 Å². The maximum Gasteiger partial charge on any atom is 0.248 e. The molecule has 0 amide bonds. The van der Waals surface area contributed by atoms with E-state index in [1.54, 1.807) is 0 Å². The first kappa shape index (κ1) is 31.4. The highest BCUT2D eigenvalue weighted by atomic mass is 16.4. The molecule has 240 valence electrons. The minimum absolute atomic E-state index is 0.0964. The van der Waals surface area contributed by atoms with Crippen molar-refractivity contribution in [2.24, 2.45) is 0 Å². The molecular weight excluding hydrogens is 601 g/mol. The van der Waals surface area contributed by atoms with Crippen LogP contribution in [-0.2, 0) is 5.41 Å². The van der Waals surface area contributed by atoms with Crippen molar-refractivity contribution in [2.75, 3.05) is 10.2 Å². The summed E-state index contributed by atoms with van der Waals surface area (Å²) in [6.07, 6.45) is 4.22. The second-order valence-electron chi connectivity index (χ2n) is 13.0. The van der Waals surface area contributed by atoms with Crippen LogP contribution in [-0.4, -0.2) is 10.2 Å². The van der Waals surface area contributed by atoms with Gasteiger partial charge in [-0.05, 0) is 107 Å². The predicted molar refractivity (Wildman–Crippen MR) is 204 cm³/mol. The van der Waals surface area contributed by atoms with Gasteiger partial charge in [0.25, 0.3) is 0 Å². The molecule has 7 aromatic rings. The number of hydrogen-bond acceptors (Lipinski definition) is 5. The number of hydrogen-bond donors (Lipinski definition) is 1. The second kappa shape index (κ2) is 13.9. The minimum Gasteiger partial charge on any atom is -0.416 e. The van der Waals surface area contributed by atoms with E-state index in [0.717, 1.165) is 50.7 Å². The molecular formula is C44H38N4O. The standard InChI is InChI=1S/C44H38N4O/c1-44(2,3)36-24-22-35(23-25-36)43-47-46-42(49-43)34-20-16-32(17-21-34)14-15-33-18-26-37(27-19-33)45-38-28-30-41(31-29-38)48(39-10-6-4-7-11-39)40-12-8-5-9-13-40/h4-31,45H,1-3H3/b15-14+. The highest BCUT2D eigenvalue weighted by Crippen LogP contribution is 2.35. The van der Waals surface area contributed by atoms with Gasteiger partial charge in [-0.3, -0.25) is 0 Å². The molecule has 0 fully saturated rings. The Labute approximate surface area is 288 Å². The smallest absolute Gasteiger partial charge is 0.248 e. The van der Waals surface area contributed by atoms with Gasteiger partial charge in [-0.2, -0.15) is 0 Å². The molecule has 0 bridgehead atoms. The molecule has 1 aromatic heterocycles. The normalized spacial score (nSPS) is 11.5. The average Bonchev–Trinajstić information content (AvgIpc) is 3.64. The lowest BCUT2D eigenvalue weighted by Gasteiger charge is -2.25. The van der Waals surface area contributed by atoms with E-state index in [1.807, 2.05) is 36.4 Å². The lowest BCUT2D eigenvalue weighted by atomic mass is 9.87. The molecule has 0 unspecified atom stereocenters. The first-order valence-corrected chi connectivity index (χ1v) is 16.5. The van der Waals surface area contributed by atoms with Crippen LogP contribution in [0.25, 0.3) is 35.1 Å². The van der Waals surface area contributed by atoms with E-state index in [1.165, 1.54) is 5.56 Å². The van der Waals surface area contributed by atoms with Crippen molar-refractivity contribution in [3.63, 3.8) is 0 Å². The summed E-state index contributed by atoms with van der Waals surface area (Å²) in [5, 5.41) is 12.1. The summed E-state index contributed by atoms with van der Waals surface area (Å²) in [7, 11) is 0. The van der Waals surface area contributed by atoms with Crippen molar-refractivity contribution in [1.82, 2.24) is 10.2 Å². The maximum absolute atomic E-state index is 6.01. The van der Waals surface area contributed by atoms with Crippen molar-refractivity contribution < 1.29 is 4.42 Å². The quantitative estimate of drug-likeness (QED) is 0.159. The molecule has 0 atom stereocenters. The zero-order valence-electron chi connectivity index (χ0n) is 27.9. The monoisotopic (exact) mass is 638 g/mol. The van der Waals surface area contributed by atoms with Gasteiger partial charge in [-0.15, -0.1) is 10.2 Å². The van der Waals surface area contributed by atoms with Gasteiger partial charge in [0.1, 0.15) is 0 Å². The van der Waals surface area contributed by atoms with Crippen LogP contribution in [0.4, 0.5) is 28.4 Å². The average molecular weight is 639 g/mol. The molecule has 1 N–H and O–H groups in total. The zero-order chi connectivity index (χ0) is 33.6. The molecule has 0 radical (unpaired) electrons. The van der Waals surface area contributed by atoms with Crippen LogP contribution in [0.2, 0.25) is 0 Å². The summed E-state index contributed by atoms with van der Waals surface area (Å²) in [4.78, 5) is 2.26. The third-order valence-electron chi connectivity index (χ3n) is 8.40. The molecule has 0 saturated heterocycles. The van der Waals surface area contributed by atoms with Crippen LogP contribution in [0, 0.1) is 0 Å². The second-order valence-corrected chi connectivity index (χ2v) is 13.0. The SMILES string of the molecule is CC(C)(C)c1ccc(-c2nnc(-c3ccc(/C=C/c4ccc(Nc5ccc(N(c6ccccc6)c6ccccc6)cc5)cc4)cc3)o2)cc1. The Morgan fingerprint density at radius 1 is 0.490 bits per heavy atom. The summed E-state index contributed by atoms with van der Waals surface area (Å²) >= 11 is 0. The fraction of sp³-hybridized carbons (Fsp3) is 0.0909. The number of anilines is 5. The van der Waals surface area contributed by atoms with Gasteiger partial charge in [0, 0.05) is 39.6 Å². The first-order valence-electron chi connectivity index (χ1n) is 16.5. The Morgan fingerprint density at radius 2 is 0.898 bits per heavy atom. The van der Waals surface area contributed by atoms with Gasteiger partial charge in [0.15, 0.2) is 0 Å². The van der Waals surface area contributed by atoms with E-state index in [-0.39, 0.29) is 5.41 Å². The fourth-order valence-electron chi connectivity index (χ4n) is 5.64. The summed E-state index contributed by atoms with van der Waals surface area (Å²) in [6.45, 7) is 6.61. The molecule has 0 aliphatic carbocycles. The number of benzene rings is 6. The van der Waals surface area contributed by atoms with Crippen molar-refractivity contribution in [3.8, 4) is 22.9 Å². The lowest BCUT2D eigenvalue weighted by molar-refractivity contribution is 0.582. The highest BCUT2D eigenvalue weighted by molar-refractivity contribution is 5.78. The predicted octanol–water partition coefficient (Wildman–Crippen LogP) is 12.1. The van der Waals surface area contributed by atoms with Gasteiger partial charge in [-0.25, -0.2) is 0 Å². The Hall–Kier alpha value is -6.20. The number of aromatic nitrogens is 2. The molecule has 0 spiro atoms. The Balaban J connectivity index is 0.974. The highest BCUT2D eigenvalue weighted by Gasteiger charge is 2.15. The Kier molecular flexibility index (Phi) is 8.90. The molecule has 0 aliphatic rings. The van der Waals surface area contributed by atoms with E-state index < -0.39 is 0 Å². The topological polar surface area (TPSA) is 54.2 Å². The first-order chi connectivity index (χ1) is 23.9. The third-order valence-corrected chi connectivity index (χ3v) is 8.40. The molecule has 5 nitrogen and oxygen atoms in total. The number of para-hydroxylation sites is 2. The van der Waals surface area contributed by atoms with Crippen LogP contribution in [0.3, 0.4) is 0 Å². The van der Waals surface area contributed by atoms with Crippen molar-refractivity contribution in [2.45, 2.75) is 26.2 Å². The minimum atomic E-state index is 0.0964. The summed E-state index contributed by atoms with van der Waals surface area (Å²) in [6, 6.07) is 54.3. The molecule has 0 aliphatic heterocycles. The lowest BCUT2D eigenvalue weighted by Crippen LogP contribution is -2.10. The number of nitrogens with one attached hydrogen (secondary N) is 1. The maximum atomic E-state index is 6.01. The fourth-order valence-corrected chi connectivity index (χ4v) is 5.64. The summed E-state index contributed by atoms with van der Waals surface area (Å²) in [5.74, 6) is 1.03. The van der Waals surface area contributed by atoms with Crippen LogP contribution in [0.5, 0.6) is 0 Å². The number of nitrogens with zero attached hydrogens (tertiary/aromatic N) is 3. The van der Waals surface area contributed by atoms with Gasteiger partial charge >= 0.3 is 0 Å². The largest absolute Gasteiger partial charge is 0.416 e. The van der Waals surface area contributed by atoms with Crippen molar-refractivity contribution in [1.29, 1.82) is 0 Å². The van der Waals surface area contributed by atoms with E-state index in [4.69, 9.17) is 4.42 Å². The Morgan fingerprint density at radius 3 is 1.37 bits per heavy atom. The molecule has 49 heavy (non-hydrogen) atoms. The van der Waals surface area contributed by atoms with Crippen LogP contribution >= 0.6 is 0 Å². The van der Waals surface area contributed by atoms with Crippen molar-refractivity contribution >= 4 is 40.6 Å². The zero-order valence-corrected chi connectivity index (χ0v) is 27.9. The van der Waals surface area contributed by atoms with Crippen molar-refractivity contribution in [3.05, 3.63) is 174 Å². The van der Waals surface area contributed by atoms with Gasteiger partial charge < -0.3 is 14.6 Å². The van der Waals surface area contributed by atoms with Gasteiger partial charge in [0.2, 0.25) is 11.8 Å². The molecule has 7 rings (SSSR count). The molecule has 6 aromatic carbocycles. The molecule has 0 saturated carbocycles. The summed E-state index contributed by atoms with van der Waals surface area (Å²) in [5.41, 5.74) is 10.8. The number of rotatable bonds is 9. The van der Waals surface area contributed by atoms with Crippen LogP contribution in [0.1, 0.15) is 37.5 Å². The third kappa shape index (κ3) is 7.53. The molecule has 5 heteroatoms. The van der Waals surface area contributed by atoms with E-state index >= 15 is 0 Å². The summed E-state index contributed by atoms with van der Waals surface area (Å²) < 4.78 is 6.01. The van der Waals surface area contributed by atoms with Crippen LogP contribution in [0.15, 0.2) is 162 Å². The van der Waals surface area contributed by atoms with Crippen LogP contribution < -0.4 is 10.2 Å². The Bertz CT molecular complexity index is 2090. The van der Waals surface area contributed by atoms with E-state index in [9.17, 15) is 0 Å². The molecule has 1 heterocycles. The van der Waals surface area contributed by atoms with E-state index in [2.05, 4.69) is 175 Å². The van der Waals surface area contributed by atoms with Gasteiger partial charge in [0.05, 0.1) is 0 Å². The van der Waals surface area contributed by atoms with Gasteiger partial charge in [-0.1, -0.05) is 106 Å².